The van der Waals surface area contributed by atoms with E-state index in [0.717, 1.165) is 25.9 Å². The fourth-order valence-electron chi connectivity index (χ4n) is 2.99. The Bertz CT molecular complexity index is 597. The van der Waals surface area contributed by atoms with Crippen molar-refractivity contribution in [2.45, 2.75) is 25.9 Å². The van der Waals surface area contributed by atoms with Crippen LogP contribution in [0.5, 0.6) is 5.75 Å². The van der Waals surface area contributed by atoms with Crippen molar-refractivity contribution in [1.29, 1.82) is 0 Å². The summed E-state index contributed by atoms with van der Waals surface area (Å²) in [5, 5.41) is 10.2. The van der Waals surface area contributed by atoms with Crippen molar-refractivity contribution in [1.82, 2.24) is 4.90 Å². The fraction of sp³-hybridized carbons (Fsp3) is 0.579. The highest BCUT2D eigenvalue weighted by atomic mass is 16.5. The summed E-state index contributed by atoms with van der Waals surface area (Å²) in [4.78, 5) is 25.4. The molecule has 0 spiro atoms. The molecule has 7 heteroatoms. The van der Waals surface area contributed by atoms with Gasteiger partial charge in [0.25, 0.3) is 0 Å². The SMILES string of the molecule is CCOC(=O)c1cccc(OCC(O)CN2CCC(C(=O)OC)CC2)c1. The summed E-state index contributed by atoms with van der Waals surface area (Å²) < 4.78 is 15.3. The van der Waals surface area contributed by atoms with Crippen LogP contribution < -0.4 is 4.74 Å². The van der Waals surface area contributed by atoms with Gasteiger partial charge in [0.2, 0.25) is 0 Å². The predicted octanol–water partition coefficient (Wildman–Crippen LogP) is 1.49. The third-order valence-electron chi connectivity index (χ3n) is 4.38. The number of methoxy groups -OCH3 is 1. The van der Waals surface area contributed by atoms with Gasteiger partial charge in [-0.2, -0.15) is 0 Å². The van der Waals surface area contributed by atoms with Crippen LogP contribution in [0.25, 0.3) is 0 Å². The lowest BCUT2D eigenvalue weighted by molar-refractivity contribution is -0.147. The van der Waals surface area contributed by atoms with E-state index in [4.69, 9.17) is 14.2 Å². The minimum atomic E-state index is -0.657. The number of esters is 2. The number of β-amino-alcohol motifs (C(OH)–C–C–N with tert-alkyl or cyclic N) is 1. The maximum absolute atomic E-state index is 11.7. The van der Waals surface area contributed by atoms with Crippen LogP contribution in [0.4, 0.5) is 0 Å². The molecule has 1 aromatic carbocycles. The highest BCUT2D eigenvalue weighted by molar-refractivity contribution is 5.89. The van der Waals surface area contributed by atoms with E-state index in [-0.39, 0.29) is 18.5 Å². The Labute approximate surface area is 153 Å². The number of aliphatic hydroxyl groups is 1. The molecule has 1 fully saturated rings. The molecule has 1 aromatic rings. The van der Waals surface area contributed by atoms with E-state index in [9.17, 15) is 14.7 Å². The first-order valence-corrected chi connectivity index (χ1v) is 8.91. The number of piperidine rings is 1. The summed E-state index contributed by atoms with van der Waals surface area (Å²) in [6.07, 6.45) is 0.819. The number of hydrogen-bond acceptors (Lipinski definition) is 7. The van der Waals surface area contributed by atoms with Gasteiger partial charge in [-0.3, -0.25) is 4.79 Å². The maximum atomic E-state index is 11.7. The average molecular weight is 365 g/mol. The van der Waals surface area contributed by atoms with Crippen LogP contribution in [0, 0.1) is 5.92 Å². The van der Waals surface area contributed by atoms with Crippen molar-refractivity contribution in [3.63, 3.8) is 0 Å². The van der Waals surface area contributed by atoms with Gasteiger partial charge in [-0.15, -0.1) is 0 Å². The lowest BCUT2D eigenvalue weighted by Gasteiger charge is -2.31. The van der Waals surface area contributed by atoms with Crippen LogP contribution in [-0.4, -0.2) is 68.0 Å². The molecule has 26 heavy (non-hydrogen) atoms. The van der Waals surface area contributed by atoms with Gasteiger partial charge < -0.3 is 24.2 Å². The molecule has 1 unspecified atom stereocenters. The smallest absolute Gasteiger partial charge is 0.338 e. The number of ether oxygens (including phenoxy) is 3. The van der Waals surface area contributed by atoms with Crippen molar-refractivity contribution in [2.75, 3.05) is 40.0 Å². The molecule has 1 atom stereocenters. The molecule has 1 saturated heterocycles. The number of aliphatic hydroxyl groups excluding tert-OH is 1. The second-order valence-electron chi connectivity index (χ2n) is 6.31. The third kappa shape index (κ3) is 6.00. The van der Waals surface area contributed by atoms with Gasteiger partial charge >= 0.3 is 11.9 Å². The van der Waals surface area contributed by atoms with Crippen LogP contribution >= 0.6 is 0 Å². The van der Waals surface area contributed by atoms with Crippen molar-refractivity contribution in [3.05, 3.63) is 29.8 Å². The zero-order chi connectivity index (χ0) is 18.9. The highest BCUT2D eigenvalue weighted by Crippen LogP contribution is 2.19. The number of carbonyl (C=O) groups is 2. The van der Waals surface area contributed by atoms with Crippen LogP contribution in [-0.2, 0) is 14.3 Å². The first-order valence-electron chi connectivity index (χ1n) is 8.91. The van der Waals surface area contributed by atoms with Crippen molar-refractivity contribution in [2.24, 2.45) is 5.92 Å². The normalized spacial score (nSPS) is 16.7. The number of nitrogens with zero attached hydrogens (tertiary/aromatic N) is 1. The monoisotopic (exact) mass is 365 g/mol. The molecule has 1 aliphatic rings. The molecule has 0 aliphatic carbocycles. The standard InChI is InChI=1S/C19H27NO6/c1-3-25-19(23)15-5-4-6-17(11-15)26-13-16(21)12-20-9-7-14(8-10-20)18(22)24-2/h4-6,11,14,16,21H,3,7-10,12-13H2,1-2H3. The highest BCUT2D eigenvalue weighted by Gasteiger charge is 2.26. The zero-order valence-electron chi connectivity index (χ0n) is 15.3. The summed E-state index contributed by atoms with van der Waals surface area (Å²) in [6.45, 7) is 4.16. The quantitative estimate of drug-likeness (QED) is 0.699. The van der Waals surface area contributed by atoms with Crippen LogP contribution in [0.2, 0.25) is 0 Å². The molecule has 2 rings (SSSR count). The lowest BCUT2D eigenvalue weighted by Crippen LogP contribution is -2.42. The third-order valence-corrected chi connectivity index (χ3v) is 4.38. The maximum Gasteiger partial charge on any atom is 0.338 e. The first kappa shape index (κ1) is 20.2. The summed E-state index contributed by atoms with van der Waals surface area (Å²) in [5.41, 5.74) is 0.420. The Morgan fingerprint density at radius 3 is 2.69 bits per heavy atom. The van der Waals surface area contributed by atoms with E-state index in [0.29, 0.717) is 24.5 Å². The molecule has 0 amide bonds. The molecule has 144 valence electrons. The average Bonchev–Trinajstić information content (AvgIpc) is 2.67. The minimum absolute atomic E-state index is 0.0461. The zero-order valence-corrected chi connectivity index (χ0v) is 15.3. The summed E-state index contributed by atoms with van der Waals surface area (Å²) in [5.74, 6) is -0.0868. The van der Waals surface area contributed by atoms with Crippen LogP contribution in [0.15, 0.2) is 24.3 Å². The molecule has 1 N–H and O–H groups in total. The van der Waals surface area contributed by atoms with E-state index in [1.807, 2.05) is 0 Å². The van der Waals surface area contributed by atoms with Crippen molar-refractivity contribution in [3.8, 4) is 5.75 Å². The molecule has 7 nitrogen and oxygen atoms in total. The predicted molar refractivity (Wildman–Crippen MR) is 95.1 cm³/mol. The van der Waals surface area contributed by atoms with Gasteiger partial charge in [0.05, 0.1) is 25.2 Å². The second kappa shape index (κ2) is 10.1. The minimum Gasteiger partial charge on any atom is -0.491 e. The second-order valence-corrected chi connectivity index (χ2v) is 6.31. The summed E-state index contributed by atoms with van der Waals surface area (Å²) in [7, 11) is 1.41. The lowest BCUT2D eigenvalue weighted by atomic mass is 9.97. The largest absolute Gasteiger partial charge is 0.491 e. The molecule has 1 heterocycles. The number of carbonyl (C=O) groups excluding carboxylic acids is 2. The Hall–Kier alpha value is -2.12. The van der Waals surface area contributed by atoms with Crippen molar-refractivity contribution < 1.29 is 28.9 Å². The fourth-order valence-corrected chi connectivity index (χ4v) is 2.99. The molecule has 1 aliphatic heterocycles. The first-order chi connectivity index (χ1) is 12.5. The molecular formula is C19H27NO6. The van der Waals surface area contributed by atoms with Gasteiger partial charge in [-0.25, -0.2) is 4.79 Å². The molecule has 0 aromatic heterocycles. The van der Waals surface area contributed by atoms with Gasteiger partial charge in [0.1, 0.15) is 18.5 Å². The Kier molecular flexibility index (Phi) is 7.87. The Morgan fingerprint density at radius 1 is 1.31 bits per heavy atom. The van der Waals surface area contributed by atoms with Gasteiger partial charge in [-0.05, 0) is 51.1 Å². The van der Waals surface area contributed by atoms with Crippen molar-refractivity contribution >= 4 is 11.9 Å². The molecule has 0 bridgehead atoms. The molecular weight excluding hydrogens is 338 g/mol. The number of likely N-dealkylation sites (tertiary alicyclic amines) is 1. The number of hydrogen-bond donors (Lipinski definition) is 1. The number of benzene rings is 1. The summed E-state index contributed by atoms with van der Waals surface area (Å²) in [6, 6.07) is 6.71. The van der Waals surface area contributed by atoms with E-state index < -0.39 is 12.1 Å². The summed E-state index contributed by atoms with van der Waals surface area (Å²) >= 11 is 0. The molecule has 0 saturated carbocycles. The van der Waals surface area contributed by atoms with E-state index in [1.54, 1.807) is 31.2 Å². The van der Waals surface area contributed by atoms with Gasteiger partial charge in [0.15, 0.2) is 0 Å². The Balaban J connectivity index is 1.75. The molecule has 0 radical (unpaired) electrons. The Morgan fingerprint density at radius 2 is 2.04 bits per heavy atom. The van der Waals surface area contributed by atoms with E-state index in [2.05, 4.69) is 4.90 Å². The van der Waals surface area contributed by atoms with Crippen LogP contribution in [0.3, 0.4) is 0 Å². The van der Waals surface area contributed by atoms with E-state index >= 15 is 0 Å². The number of rotatable bonds is 8. The topological polar surface area (TPSA) is 85.3 Å². The van der Waals surface area contributed by atoms with Gasteiger partial charge in [-0.1, -0.05) is 6.07 Å². The van der Waals surface area contributed by atoms with Crippen LogP contribution in [0.1, 0.15) is 30.1 Å². The van der Waals surface area contributed by atoms with Gasteiger partial charge in [0, 0.05) is 6.54 Å². The van der Waals surface area contributed by atoms with E-state index in [1.165, 1.54) is 7.11 Å².